The van der Waals surface area contributed by atoms with Gasteiger partial charge < -0.3 is 19.1 Å². The van der Waals surface area contributed by atoms with Crippen LogP contribution >= 0.6 is 11.3 Å². The van der Waals surface area contributed by atoms with E-state index in [1.165, 1.54) is 5.56 Å². The summed E-state index contributed by atoms with van der Waals surface area (Å²) in [5, 5.41) is 4.10. The number of hydrogen-bond acceptors (Lipinski definition) is 5. The van der Waals surface area contributed by atoms with Crippen LogP contribution in [0.5, 0.6) is 11.5 Å². The Morgan fingerprint density at radius 2 is 1.92 bits per heavy atom. The van der Waals surface area contributed by atoms with E-state index in [1.807, 2.05) is 23.6 Å². The average Bonchev–Trinajstić information content (AvgIpc) is 3.13. The third-order valence-electron chi connectivity index (χ3n) is 3.71. The zero-order chi connectivity index (χ0) is 17.4. The summed E-state index contributed by atoms with van der Waals surface area (Å²) in [5.74, 6) is 1.30. The smallest absolute Gasteiger partial charge is 0.227 e. The van der Waals surface area contributed by atoms with E-state index in [9.17, 15) is 4.79 Å². The van der Waals surface area contributed by atoms with Crippen molar-refractivity contribution in [3.05, 3.63) is 40.6 Å². The van der Waals surface area contributed by atoms with Crippen LogP contribution in [-0.2, 0) is 16.0 Å². The van der Waals surface area contributed by atoms with Gasteiger partial charge in [0.25, 0.3) is 0 Å². The number of hydrogen-bond donors (Lipinski definition) is 0. The van der Waals surface area contributed by atoms with Crippen LogP contribution in [0.1, 0.15) is 12.0 Å². The number of carbonyl (C=O) groups excluding carboxylic acids is 1. The van der Waals surface area contributed by atoms with Crippen molar-refractivity contribution in [3.63, 3.8) is 0 Å². The zero-order valence-electron chi connectivity index (χ0n) is 14.3. The van der Waals surface area contributed by atoms with E-state index in [1.54, 1.807) is 43.6 Å². The van der Waals surface area contributed by atoms with Crippen molar-refractivity contribution in [1.82, 2.24) is 0 Å². The predicted molar refractivity (Wildman–Crippen MR) is 96.4 cm³/mol. The minimum Gasteiger partial charge on any atom is -0.493 e. The lowest BCUT2D eigenvalue weighted by Gasteiger charge is -2.23. The van der Waals surface area contributed by atoms with Crippen molar-refractivity contribution in [2.24, 2.45) is 0 Å². The number of aryl methyl sites for hydroxylation is 1. The monoisotopic (exact) mass is 349 g/mol. The Morgan fingerprint density at radius 3 is 2.54 bits per heavy atom. The van der Waals surface area contributed by atoms with Crippen LogP contribution in [0.25, 0.3) is 0 Å². The number of amides is 1. The summed E-state index contributed by atoms with van der Waals surface area (Å²) in [6, 6.07) is 7.53. The molecule has 0 radical (unpaired) electrons. The van der Waals surface area contributed by atoms with Crippen LogP contribution in [0.3, 0.4) is 0 Å². The highest BCUT2D eigenvalue weighted by molar-refractivity contribution is 7.07. The van der Waals surface area contributed by atoms with Crippen LogP contribution < -0.4 is 14.4 Å². The topological polar surface area (TPSA) is 48.0 Å². The lowest BCUT2D eigenvalue weighted by molar-refractivity contribution is -0.118. The quantitative estimate of drug-likeness (QED) is 0.696. The van der Waals surface area contributed by atoms with Gasteiger partial charge in [-0.1, -0.05) is 0 Å². The van der Waals surface area contributed by atoms with E-state index in [0.717, 1.165) is 12.1 Å². The van der Waals surface area contributed by atoms with E-state index in [4.69, 9.17) is 14.2 Å². The number of benzene rings is 1. The molecule has 24 heavy (non-hydrogen) atoms. The zero-order valence-corrected chi connectivity index (χ0v) is 15.1. The lowest BCUT2D eigenvalue weighted by Crippen LogP contribution is -2.34. The van der Waals surface area contributed by atoms with Gasteiger partial charge in [-0.25, -0.2) is 0 Å². The molecule has 6 heteroatoms. The molecule has 0 N–H and O–H groups in total. The molecule has 0 aliphatic heterocycles. The van der Waals surface area contributed by atoms with Gasteiger partial charge in [0.15, 0.2) is 11.5 Å². The van der Waals surface area contributed by atoms with E-state index in [2.05, 4.69) is 5.38 Å². The van der Waals surface area contributed by atoms with Crippen molar-refractivity contribution >= 4 is 22.9 Å². The second kappa shape index (κ2) is 9.30. The fraction of sp³-hybridized carbons (Fsp3) is 0.389. The third kappa shape index (κ3) is 4.72. The first-order valence-corrected chi connectivity index (χ1v) is 8.66. The van der Waals surface area contributed by atoms with Crippen molar-refractivity contribution < 1.29 is 19.0 Å². The summed E-state index contributed by atoms with van der Waals surface area (Å²) in [6.07, 6.45) is 1.19. The van der Waals surface area contributed by atoms with Gasteiger partial charge in [0, 0.05) is 31.8 Å². The number of rotatable bonds is 9. The molecule has 5 nitrogen and oxygen atoms in total. The summed E-state index contributed by atoms with van der Waals surface area (Å²) in [7, 11) is 4.80. The molecule has 2 aromatic rings. The van der Waals surface area contributed by atoms with Crippen LogP contribution in [0.15, 0.2) is 35.0 Å². The van der Waals surface area contributed by atoms with E-state index >= 15 is 0 Å². The normalized spacial score (nSPS) is 10.5. The molecule has 0 fully saturated rings. The Morgan fingerprint density at radius 1 is 1.12 bits per heavy atom. The molecule has 0 saturated carbocycles. The van der Waals surface area contributed by atoms with Gasteiger partial charge in [-0.3, -0.25) is 4.79 Å². The Bertz CT molecular complexity index is 642. The Balaban J connectivity index is 2.15. The van der Waals surface area contributed by atoms with Gasteiger partial charge in [0.1, 0.15) is 0 Å². The molecule has 1 amide bonds. The minimum absolute atomic E-state index is 0.0606. The van der Waals surface area contributed by atoms with Crippen LogP contribution in [-0.4, -0.2) is 40.4 Å². The molecule has 0 aliphatic carbocycles. The van der Waals surface area contributed by atoms with Gasteiger partial charge in [0.05, 0.1) is 20.8 Å². The number of nitrogens with zero attached hydrogens (tertiary/aromatic N) is 1. The second-order valence-electron chi connectivity index (χ2n) is 5.21. The van der Waals surface area contributed by atoms with E-state index in [0.29, 0.717) is 31.1 Å². The van der Waals surface area contributed by atoms with Gasteiger partial charge >= 0.3 is 0 Å². The highest BCUT2D eigenvalue weighted by Gasteiger charge is 2.17. The summed E-state index contributed by atoms with van der Waals surface area (Å²) < 4.78 is 15.7. The molecular weight excluding hydrogens is 326 g/mol. The van der Waals surface area contributed by atoms with Gasteiger partial charge in [-0.05, 0) is 40.9 Å². The number of anilines is 1. The third-order valence-corrected chi connectivity index (χ3v) is 4.44. The molecule has 0 unspecified atom stereocenters. The Kier molecular flexibility index (Phi) is 7.08. The summed E-state index contributed by atoms with van der Waals surface area (Å²) in [6.45, 7) is 0.965. The maximum absolute atomic E-state index is 12.7. The minimum atomic E-state index is 0.0606. The summed E-state index contributed by atoms with van der Waals surface area (Å²) >= 11 is 1.64. The molecule has 0 aliphatic rings. The van der Waals surface area contributed by atoms with Crippen LogP contribution in [0, 0.1) is 0 Å². The first-order chi connectivity index (χ1) is 11.7. The van der Waals surface area contributed by atoms with Crippen LogP contribution in [0.2, 0.25) is 0 Å². The molecule has 130 valence electrons. The van der Waals surface area contributed by atoms with E-state index < -0.39 is 0 Å². The molecule has 2 rings (SSSR count). The largest absolute Gasteiger partial charge is 0.493 e. The predicted octanol–water partition coefficient (Wildman–Crippen LogP) is 3.38. The first-order valence-electron chi connectivity index (χ1n) is 7.72. The molecule has 0 bridgehead atoms. The molecule has 1 aromatic carbocycles. The maximum atomic E-state index is 12.7. The van der Waals surface area contributed by atoms with Crippen molar-refractivity contribution in [1.29, 1.82) is 0 Å². The Labute approximate surface area is 146 Å². The van der Waals surface area contributed by atoms with Gasteiger partial charge in [-0.15, -0.1) is 0 Å². The number of ether oxygens (including phenoxy) is 3. The second-order valence-corrected chi connectivity index (χ2v) is 5.99. The van der Waals surface area contributed by atoms with Crippen LogP contribution in [0.4, 0.5) is 5.69 Å². The van der Waals surface area contributed by atoms with Crippen molar-refractivity contribution in [2.75, 3.05) is 39.4 Å². The summed E-state index contributed by atoms with van der Waals surface area (Å²) in [5.41, 5.74) is 1.97. The lowest BCUT2D eigenvalue weighted by atomic mass is 10.1. The van der Waals surface area contributed by atoms with Crippen molar-refractivity contribution in [2.45, 2.75) is 12.8 Å². The molecule has 1 heterocycles. The number of methoxy groups -OCH3 is 3. The maximum Gasteiger partial charge on any atom is 0.227 e. The molecule has 0 atom stereocenters. The Hall–Kier alpha value is -2.05. The fourth-order valence-corrected chi connectivity index (χ4v) is 3.10. The standard InChI is InChI=1S/C18H23NO4S/c1-21-10-9-19(18(20)7-4-14-8-11-24-13-14)15-5-6-16(22-2)17(12-15)23-3/h5-6,8,11-13H,4,7,9-10H2,1-3H3. The molecule has 1 aromatic heterocycles. The highest BCUT2D eigenvalue weighted by atomic mass is 32.1. The van der Waals surface area contributed by atoms with E-state index in [-0.39, 0.29) is 5.91 Å². The first kappa shape index (κ1) is 18.3. The highest BCUT2D eigenvalue weighted by Crippen LogP contribution is 2.31. The average molecular weight is 349 g/mol. The molecule has 0 spiro atoms. The number of thiophene rings is 1. The number of carbonyl (C=O) groups is 1. The SMILES string of the molecule is COCCN(C(=O)CCc1ccsc1)c1ccc(OC)c(OC)c1. The van der Waals surface area contributed by atoms with Gasteiger partial charge in [-0.2, -0.15) is 11.3 Å². The molecule has 0 saturated heterocycles. The summed E-state index contributed by atoms with van der Waals surface area (Å²) in [4.78, 5) is 14.4. The van der Waals surface area contributed by atoms with Gasteiger partial charge in [0.2, 0.25) is 5.91 Å². The fourth-order valence-electron chi connectivity index (χ4n) is 2.39. The van der Waals surface area contributed by atoms with Crippen molar-refractivity contribution in [3.8, 4) is 11.5 Å². The molecular formula is C18H23NO4S.